The van der Waals surface area contributed by atoms with Gasteiger partial charge in [-0.15, -0.1) is 0 Å². The smallest absolute Gasteiger partial charge is 0.322 e. The van der Waals surface area contributed by atoms with Crippen LogP contribution >= 0.6 is 0 Å². The third kappa shape index (κ3) is 4.85. The van der Waals surface area contributed by atoms with Crippen molar-refractivity contribution < 1.29 is 29.9 Å². The van der Waals surface area contributed by atoms with Gasteiger partial charge in [0.15, 0.2) is 6.10 Å². The average Bonchev–Trinajstić information content (AvgIpc) is 2.46. The van der Waals surface area contributed by atoms with Crippen LogP contribution in [0.3, 0.4) is 0 Å². The molecule has 1 aliphatic heterocycles. The van der Waals surface area contributed by atoms with E-state index < -0.39 is 30.7 Å². The molecule has 20 heavy (non-hydrogen) atoms. The number of aliphatic hydroxyl groups is 4. The molecule has 0 spiro atoms. The van der Waals surface area contributed by atoms with Gasteiger partial charge in [-0.3, -0.25) is 0 Å². The molecule has 1 aliphatic rings. The molecule has 6 heteroatoms. The minimum absolute atomic E-state index is 0.199. The van der Waals surface area contributed by atoms with E-state index in [1.807, 2.05) is 0 Å². The van der Waals surface area contributed by atoms with Crippen LogP contribution in [0.2, 0.25) is 0 Å². The molecule has 0 saturated heterocycles. The molecule has 0 unspecified atom stereocenters. The Balaban J connectivity index is 2.31. The SMILES string of the molecule is CCCCCCCCOC1=C(O)[C@@H](O)[C@H](O)[C@@H](CO)O1. The van der Waals surface area contributed by atoms with Crippen LogP contribution in [-0.2, 0) is 9.47 Å². The third-order valence-electron chi connectivity index (χ3n) is 3.36. The van der Waals surface area contributed by atoms with Gasteiger partial charge in [0.1, 0.15) is 12.2 Å². The molecule has 0 amide bonds. The number of unbranched alkanes of at least 4 members (excludes halogenated alkanes) is 5. The predicted molar refractivity (Wildman–Crippen MR) is 73.0 cm³/mol. The highest BCUT2D eigenvalue weighted by Gasteiger charge is 2.39. The van der Waals surface area contributed by atoms with Gasteiger partial charge in [-0.05, 0) is 6.42 Å². The minimum Gasteiger partial charge on any atom is -0.504 e. The van der Waals surface area contributed by atoms with Crippen LogP contribution in [-0.4, -0.2) is 52.0 Å². The van der Waals surface area contributed by atoms with Crippen LogP contribution in [0.4, 0.5) is 0 Å². The molecule has 1 rings (SSSR count). The topological polar surface area (TPSA) is 99.4 Å². The second-order valence-electron chi connectivity index (χ2n) is 5.06. The molecule has 0 fully saturated rings. The molecule has 0 bridgehead atoms. The zero-order chi connectivity index (χ0) is 15.0. The van der Waals surface area contributed by atoms with Crippen molar-refractivity contribution in [3.8, 4) is 0 Å². The van der Waals surface area contributed by atoms with E-state index in [2.05, 4.69) is 6.92 Å². The molecule has 0 aromatic carbocycles. The van der Waals surface area contributed by atoms with Gasteiger partial charge in [-0.25, -0.2) is 0 Å². The molecule has 4 N–H and O–H groups in total. The Labute approximate surface area is 119 Å². The summed E-state index contributed by atoms with van der Waals surface area (Å²) >= 11 is 0. The van der Waals surface area contributed by atoms with Crippen molar-refractivity contribution in [3.05, 3.63) is 11.7 Å². The van der Waals surface area contributed by atoms with E-state index in [-0.39, 0.29) is 5.95 Å². The first-order valence-corrected chi connectivity index (χ1v) is 7.31. The average molecular weight is 290 g/mol. The van der Waals surface area contributed by atoms with Crippen molar-refractivity contribution in [2.75, 3.05) is 13.2 Å². The largest absolute Gasteiger partial charge is 0.504 e. The van der Waals surface area contributed by atoms with E-state index in [0.29, 0.717) is 6.61 Å². The van der Waals surface area contributed by atoms with Gasteiger partial charge in [0, 0.05) is 0 Å². The highest BCUT2D eigenvalue weighted by molar-refractivity contribution is 5.08. The third-order valence-corrected chi connectivity index (χ3v) is 3.36. The lowest BCUT2D eigenvalue weighted by Gasteiger charge is -2.31. The lowest BCUT2D eigenvalue weighted by Crippen LogP contribution is -2.46. The van der Waals surface area contributed by atoms with Crippen molar-refractivity contribution in [2.45, 2.75) is 63.8 Å². The molecular weight excluding hydrogens is 264 g/mol. The van der Waals surface area contributed by atoms with E-state index in [0.717, 1.165) is 19.3 Å². The Morgan fingerprint density at radius 3 is 2.40 bits per heavy atom. The molecular formula is C14H26O6. The zero-order valence-corrected chi connectivity index (χ0v) is 12.0. The zero-order valence-electron chi connectivity index (χ0n) is 12.0. The van der Waals surface area contributed by atoms with Gasteiger partial charge >= 0.3 is 5.95 Å². The van der Waals surface area contributed by atoms with Crippen molar-refractivity contribution in [1.82, 2.24) is 0 Å². The highest BCUT2D eigenvalue weighted by atomic mass is 16.7. The Kier molecular flexibility index (Phi) is 7.72. The molecule has 0 aliphatic carbocycles. The summed E-state index contributed by atoms with van der Waals surface area (Å²) in [5.41, 5.74) is 0. The molecule has 0 saturated carbocycles. The van der Waals surface area contributed by atoms with Crippen LogP contribution in [0.1, 0.15) is 45.4 Å². The normalized spacial score (nSPS) is 26.5. The molecule has 0 radical (unpaired) electrons. The molecule has 0 aromatic heterocycles. The van der Waals surface area contributed by atoms with Gasteiger partial charge in [0.2, 0.25) is 5.76 Å². The molecule has 6 nitrogen and oxygen atoms in total. The van der Waals surface area contributed by atoms with Gasteiger partial charge in [0.25, 0.3) is 0 Å². The lowest BCUT2D eigenvalue weighted by molar-refractivity contribution is -0.148. The first-order chi connectivity index (χ1) is 9.61. The van der Waals surface area contributed by atoms with Gasteiger partial charge < -0.3 is 29.9 Å². The van der Waals surface area contributed by atoms with Crippen molar-refractivity contribution in [2.24, 2.45) is 0 Å². The fourth-order valence-electron chi connectivity index (χ4n) is 2.05. The van der Waals surface area contributed by atoms with E-state index >= 15 is 0 Å². The second-order valence-corrected chi connectivity index (χ2v) is 5.06. The Bertz CT molecular complexity index is 304. The summed E-state index contributed by atoms with van der Waals surface area (Å²) in [5.74, 6) is -0.719. The van der Waals surface area contributed by atoms with Crippen molar-refractivity contribution in [3.63, 3.8) is 0 Å². The second kappa shape index (κ2) is 9.05. The van der Waals surface area contributed by atoms with Crippen molar-refractivity contribution >= 4 is 0 Å². The number of rotatable bonds is 9. The fourth-order valence-corrected chi connectivity index (χ4v) is 2.05. The first-order valence-electron chi connectivity index (χ1n) is 7.31. The lowest BCUT2D eigenvalue weighted by atomic mass is 10.0. The summed E-state index contributed by atoms with van der Waals surface area (Å²) in [6.07, 6.45) is 2.81. The number of hydrogen-bond acceptors (Lipinski definition) is 6. The molecule has 3 atom stereocenters. The van der Waals surface area contributed by atoms with E-state index in [4.69, 9.17) is 14.6 Å². The maximum absolute atomic E-state index is 9.63. The van der Waals surface area contributed by atoms with Gasteiger partial charge in [-0.1, -0.05) is 39.0 Å². The van der Waals surface area contributed by atoms with Crippen LogP contribution in [0.5, 0.6) is 0 Å². The van der Waals surface area contributed by atoms with Crippen LogP contribution in [0, 0.1) is 0 Å². The number of hydrogen-bond donors (Lipinski definition) is 4. The summed E-state index contributed by atoms with van der Waals surface area (Å²) in [5, 5.41) is 37.8. The predicted octanol–water partition coefficient (Wildman–Crippen LogP) is 1.20. The van der Waals surface area contributed by atoms with Crippen LogP contribution in [0.25, 0.3) is 0 Å². The Morgan fingerprint density at radius 2 is 1.75 bits per heavy atom. The summed E-state index contributed by atoms with van der Waals surface area (Å²) in [6.45, 7) is 2.07. The van der Waals surface area contributed by atoms with Crippen LogP contribution in [0.15, 0.2) is 11.7 Å². The molecule has 118 valence electrons. The van der Waals surface area contributed by atoms with Crippen molar-refractivity contribution in [1.29, 1.82) is 0 Å². The number of aliphatic hydroxyl groups excluding tert-OH is 4. The summed E-state index contributed by atoms with van der Waals surface area (Å²) in [7, 11) is 0. The molecule has 1 heterocycles. The van der Waals surface area contributed by atoms with E-state index in [9.17, 15) is 15.3 Å². The standard InChI is InChI=1S/C14H26O6/c1-2-3-4-5-6-7-8-19-14-13(18)12(17)11(16)10(9-15)20-14/h10-12,15-18H,2-9H2,1H3/t10-,11-,12+/m1/s1. The maximum Gasteiger partial charge on any atom is 0.322 e. The van der Waals surface area contributed by atoms with E-state index in [1.54, 1.807) is 0 Å². The highest BCUT2D eigenvalue weighted by Crippen LogP contribution is 2.24. The molecule has 0 aromatic rings. The van der Waals surface area contributed by atoms with Crippen LogP contribution < -0.4 is 0 Å². The quantitative estimate of drug-likeness (QED) is 0.476. The summed E-state index contributed by atoms with van der Waals surface area (Å²) in [6, 6.07) is 0. The Hall–Kier alpha value is -0.980. The summed E-state index contributed by atoms with van der Waals surface area (Å²) < 4.78 is 10.4. The van der Waals surface area contributed by atoms with Gasteiger partial charge in [0.05, 0.1) is 13.2 Å². The maximum atomic E-state index is 9.63. The van der Waals surface area contributed by atoms with E-state index in [1.165, 1.54) is 19.3 Å². The fraction of sp³-hybridized carbons (Fsp3) is 0.857. The monoisotopic (exact) mass is 290 g/mol. The Morgan fingerprint density at radius 1 is 1.10 bits per heavy atom. The number of ether oxygens (including phenoxy) is 2. The minimum atomic E-state index is -1.49. The summed E-state index contributed by atoms with van der Waals surface area (Å²) in [4.78, 5) is 0. The van der Waals surface area contributed by atoms with Gasteiger partial charge in [-0.2, -0.15) is 0 Å². The first kappa shape index (κ1) is 17.1.